The minimum atomic E-state index is 1.37. The average Bonchev–Trinajstić information content (AvgIpc) is 2.71. The Kier molecular flexibility index (Phi) is 28.7. The normalized spacial score (nSPS) is 12.2. The lowest BCUT2D eigenvalue weighted by Crippen LogP contribution is -1.83. The van der Waals surface area contributed by atoms with Gasteiger partial charge in [-0.25, -0.2) is 0 Å². The van der Waals surface area contributed by atoms with Crippen molar-refractivity contribution in [3.63, 3.8) is 0 Å². The zero-order valence-corrected chi connectivity index (χ0v) is 21.7. The lowest BCUT2D eigenvalue weighted by atomic mass is 10.1. The molecule has 0 heterocycles. The monoisotopic (exact) mass is 428 g/mol. The summed E-state index contributed by atoms with van der Waals surface area (Å²) in [7, 11) is 3.41. The first kappa shape index (κ1) is 28.9. The van der Waals surface area contributed by atoms with E-state index in [2.05, 4.69) is 13.8 Å². The van der Waals surface area contributed by atoms with Gasteiger partial charge in [0.2, 0.25) is 0 Å². The lowest BCUT2D eigenvalue weighted by Gasteiger charge is -2.04. The summed E-state index contributed by atoms with van der Waals surface area (Å²) in [5.74, 6) is 0. The molecule has 0 N–H and O–H groups in total. The molecule has 0 fully saturated rings. The van der Waals surface area contributed by atoms with Gasteiger partial charge < -0.3 is 0 Å². The van der Waals surface area contributed by atoms with Crippen LogP contribution in [0.1, 0.15) is 155 Å². The second-order valence-electron chi connectivity index (χ2n) is 8.80. The maximum atomic E-state index is 2.30. The van der Waals surface area contributed by atoms with Gasteiger partial charge in [-0.2, -0.15) is 0 Å². The summed E-state index contributed by atoms with van der Waals surface area (Å²) in [5, 5.41) is 0. The molecule has 0 saturated heterocycles. The molecule has 0 aromatic rings. The zero-order chi connectivity index (χ0) is 20.4. The third-order valence-electron chi connectivity index (χ3n) is 5.82. The quantitative estimate of drug-likeness (QED) is 0.100. The maximum absolute atomic E-state index is 2.30. The number of hydrogen-bond acceptors (Lipinski definition) is 0. The highest BCUT2D eigenvalue weighted by Crippen LogP contribution is 2.38. The molecule has 0 atom stereocenters. The summed E-state index contributed by atoms with van der Waals surface area (Å²) in [6.45, 7) is 4.61. The van der Waals surface area contributed by atoms with Crippen molar-refractivity contribution in [2.45, 2.75) is 155 Å². The molecular weight excluding hydrogens is 374 g/mol. The molecule has 0 saturated carbocycles. The molecule has 0 rings (SSSR count). The van der Waals surface area contributed by atoms with Crippen molar-refractivity contribution in [2.24, 2.45) is 0 Å². The maximum Gasteiger partial charge on any atom is -0.0242 e. The van der Waals surface area contributed by atoms with E-state index in [1.165, 1.54) is 154 Å². The van der Waals surface area contributed by atoms with E-state index >= 15 is 0 Å². The van der Waals surface area contributed by atoms with Gasteiger partial charge in [0.1, 0.15) is 0 Å². The van der Waals surface area contributed by atoms with Crippen molar-refractivity contribution < 1.29 is 0 Å². The van der Waals surface area contributed by atoms with Crippen LogP contribution >= 0.6 is 16.5 Å². The van der Waals surface area contributed by atoms with E-state index in [-0.39, 0.29) is 0 Å². The number of unbranched alkanes of at least 4 members (excludes halogenated alkanes) is 20. The van der Waals surface area contributed by atoms with Crippen LogP contribution in [0.2, 0.25) is 0 Å². The summed E-state index contributed by atoms with van der Waals surface area (Å²) in [4.78, 5) is 0. The van der Waals surface area contributed by atoms with Crippen molar-refractivity contribution in [1.82, 2.24) is 0 Å². The average molecular weight is 429 g/mol. The molecule has 2 radical (unpaired) electrons. The van der Waals surface area contributed by atoms with E-state index in [1.54, 1.807) is 16.5 Å². The van der Waals surface area contributed by atoms with Crippen molar-refractivity contribution in [3.8, 4) is 0 Å². The Hall–Kier alpha value is 0.860. The molecule has 168 valence electrons. The largest absolute Gasteiger partial charge is 0.0654 e. The first-order chi connectivity index (χ1) is 13.9. The van der Waals surface area contributed by atoms with E-state index in [0.29, 0.717) is 0 Å². The van der Waals surface area contributed by atoms with Gasteiger partial charge in [0, 0.05) is 0 Å². The highest BCUT2D eigenvalue weighted by molar-refractivity contribution is 8.11. The molecule has 0 aliphatic carbocycles. The minimum Gasteiger partial charge on any atom is -0.0654 e. The minimum absolute atomic E-state index is 1.37. The van der Waals surface area contributed by atoms with Gasteiger partial charge in [-0.3, -0.25) is 0 Å². The molecular formula is C26H54P2. The Balaban J connectivity index is 2.96. The van der Waals surface area contributed by atoms with E-state index in [9.17, 15) is 0 Å². The fourth-order valence-corrected chi connectivity index (χ4v) is 6.54. The van der Waals surface area contributed by atoms with Crippen molar-refractivity contribution in [1.29, 1.82) is 0 Å². The van der Waals surface area contributed by atoms with Gasteiger partial charge >= 0.3 is 0 Å². The summed E-state index contributed by atoms with van der Waals surface area (Å²) in [6, 6.07) is 0. The van der Waals surface area contributed by atoms with Crippen LogP contribution in [0.3, 0.4) is 0 Å². The highest BCUT2D eigenvalue weighted by Gasteiger charge is 1.96. The first-order valence-corrected chi connectivity index (χ1v) is 16.1. The zero-order valence-electron chi connectivity index (χ0n) is 19.9. The molecule has 0 aliphatic heterocycles. The van der Waals surface area contributed by atoms with Crippen LogP contribution in [0.25, 0.3) is 0 Å². The summed E-state index contributed by atoms with van der Waals surface area (Å²) >= 11 is 0. The fourth-order valence-electron chi connectivity index (χ4n) is 3.83. The molecule has 0 aromatic carbocycles. The lowest BCUT2D eigenvalue weighted by molar-refractivity contribution is 0.555. The van der Waals surface area contributed by atoms with Gasteiger partial charge in [0.25, 0.3) is 0 Å². The van der Waals surface area contributed by atoms with Crippen molar-refractivity contribution in [3.05, 3.63) is 0 Å². The summed E-state index contributed by atoms with van der Waals surface area (Å²) in [6.07, 6.45) is 35.2. The smallest absolute Gasteiger partial charge is 0.0242 e. The Bertz CT molecular complexity index is 229. The van der Waals surface area contributed by atoms with E-state index in [4.69, 9.17) is 0 Å². The first-order valence-electron chi connectivity index (χ1n) is 13.2. The molecule has 0 amide bonds. The van der Waals surface area contributed by atoms with Crippen LogP contribution in [0, 0.1) is 0 Å². The number of rotatable bonds is 25. The van der Waals surface area contributed by atoms with Gasteiger partial charge in [0.15, 0.2) is 0 Å². The summed E-state index contributed by atoms with van der Waals surface area (Å²) < 4.78 is 0. The van der Waals surface area contributed by atoms with E-state index in [1.807, 2.05) is 0 Å². The topological polar surface area (TPSA) is 0 Å². The fraction of sp³-hybridized carbons (Fsp3) is 1.00. The number of hydrogen-bond donors (Lipinski definition) is 0. The second-order valence-corrected chi connectivity index (χ2v) is 12.0. The second kappa shape index (κ2) is 27.9. The highest BCUT2D eigenvalue weighted by atomic mass is 32.0. The molecule has 0 nitrogen and oxygen atoms in total. The van der Waals surface area contributed by atoms with Crippen molar-refractivity contribution in [2.75, 3.05) is 12.3 Å². The van der Waals surface area contributed by atoms with Crippen molar-refractivity contribution >= 4 is 16.5 Å². The van der Waals surface area contributed by atoms with Gasteiger partial charge in [-0.05, 0) is 41.7 Å². The van der Waals surface area contributed by atoms with Crippen LogP contribution in [-0.4, -0.2) is 12.3 Å². The molecule has 0 aliphatic rings. The third kappa shape index (κ3) is 26.9. The molecule has 0 unspecified atom stereocenters. The van der Waals surface area contributed by atoms with Crippen LogP contribution < -0.4 is 0 Å². The van der Waals surface area contributed by atoms with Gasteiger partial charge in [-0.1, -0.05) is 142 Å². The van der Waals surface area contributed by atoms with E-state index in [0.717, 1.165) is 0 Å². The third-order valence-corrected chi connectivity index (χ3v) is 8.86. The van der Waals surface area contributed by atoms with Crippen LogP contribution in [-0.2, 0) is 0 Å². The predicted molar refractivity (Wildman–Crippen MR) is 136 cm³/mol. The van der Waals surface area contributed by atoms with Crippen LogP contribution in [0.4, 0.5) is 0 Å². The van der Waals surface area contributed by atoms with Gasteiger partial charge in [-0.15, -0.1) is 0 Å². The Morgan fingerprint density at radius 3 is 0.750 bits per heavy atom. The molecule has 0 spiro atoms. The molecule has 2 heteroatoms. The van der Waals surface area contributed by atoms with Crippen LogP contribution in [0.15, 0.2) is 0 Å². The Morgan fingerprint density at radius 1 is 0.286 bits per heavy atom. The van der Waals surface area contributed by atoms with Crippen LogP contribution in [0.5, 0.6) is 0 Å². The Labute approximate surface area is 184 Å². The molecule has 28 heavy (non-hydrogen) atoms. The van der Waals surface area contributed by atoms with E-state index < -0.39 is 0 Å². The standard InChI is InChI=1S/C26H54P2/c1-3-5-7-9-11-13-15-17-19-21-23-25-27-28-26-24-22-20-18-16-14-12-10-8-6-4-2/h3-26H2,1-2H3. The Morgan fingerprint density at radius 2 is 0.500 bits per heavy atom. The van der Waals surface area contributed by atoms with Gasteiger partial charge in [0.05, 0.1) is 0 Å². The SMILES string of the molecule is CCCCCCCCCCCCC[P][P]CCCCCCCCCCCCC. The predicted octanol–water partition coefficient (Wildman–Crippen LogP) is 11.4. The molecule has 0 bridgehead atoms. The summed E-state index contributed by atoms with van der Waals surface area (Å²) in [5.41, 5.74) is 0. The molecule has 0 aromatic heterocycles.